The molecule has 1 atom stereocenters. The van der Waals surface area contributed by atoms with Crippen molar-refractivity contribution in [3.8, 4) is 0 Å². The Bertz CT molecular complexity index is 540. The monoisotopic (exact) mass is 300 g/mol. The molecule has 0 aromatic carbocycles. The Balaban J connectivity index is 2.99. The zero-order valence-corrected chi connectivity index (χ0v) is 13.5. The fourth-order valence-electron chi connectivity index (χ4n) is 1.54. The number of sulfonamides is 1. The Morgan fingerprint density at radius 2 is 2.00 bits per heavy atom. The molecule has 20 heavy (non-hydrogen) atoms. The normalized spacial score (nSPS) is 15.4. The van der Waals surface area contributed by atoms with E-state index in [-0.39, 0.29) is 10.4 Å². The first-order chi connectivity index (χ1) is 9.13. The Morgan fingerprint density at radius 1 is 1.40 bits per heavy atom. The van der Waals surface area contributed by atoms with E-state index in [4.69, 9.17) is 5.73 Å². The van der Waals surface area contributed by atoms with Crippen LogP contribution in [-0.4, -0.2) is 43.9 Å². The first kappa shape index (κ1) is 16.9. The van der Waals surface area contributed by atoms with E-state index in [9.17, 15) is 8.42 Å². The van der Waals surface area contributed by atoms with Gasteiger partial charge in [0.1, 0.15) is 10.7 Å². The summed E-state index contributed by atoms with van der Waals surface area (Å²) in [6.45, 7) is 6.63. The SMILES string of the molecule is CC(C)C(C)(CN)Nc1ccc(S(=O)(=O)N(C)C)cn1. The quantitative estimate of drug-likeness (QED) is 0.822. The molecule has 114 valence electrons. The van der Waals surface area contributed by atoms with Gasteiger partial charge in [0.15, 0.2) is 0 Å². The lowest BCUT2D eigenvalue weighted by molar-refractivity contribution is 0.381. The lowest BCUT2D eigenvalue weighted by Gasteiger charge is -2.34. The molecule has 1 heterocycles. The summed E-state index contributed by atoms with van der Waals surface area (Å²) in [6.07, 6.45) is 1.36. The third kappa shape index (κ3) is 3.47. The molecule has 1 unspecified atom stereocenters. The number of aromatic nitrogens is 1. The number of hydrogen-bond donors (Lipinski definition) is 2. The second-order valence-electron chi connectivity index (χ2n) is 5.57. The number of nitrogens with two attached hydrogens (primary N) is 1. The Kier molecular flexibility index (Phi) is 5.12. The summed E-state index contributed by atoms with van der Waals surface area (Å²) in [5.41, 5.74) is 5.52. The highest BCUT2D eigenvalue weighted by Gasteiger charge is 2.27. The van der Waals surface area contributed by atoms with E-state index in [0.717, 1.165) is 4.31 Å². The number of nitrogens with zero attached hydrogens (tertiary/aromatic N) is 2. The second kappa shape index (κ2) is 6.07. The van der Waals surface area contributed by atoms with E-state index < -0.39 is 10.0 Å². The summed E-state index contributed by atoms with van der Waals surface area (Å²) in [5.74, 6) is 0.934. The van der Waals surface area contributed by atoms with E-state index >= 15 is 0 Å². The standard InChI is InChI=1S/C13H24N4O2S/c1-10(2)13(3,9-14)16-12-7-6-11(8-15-12)20(18,19)17(4)5/h6-8,10H,9,14H2,1-5H3,(H,15,16). The van der Waals surface area contributed by atoms with E-state index in [1.807, 2.05) is 6.92 Å². The van der Waals surface area contributed by atoms with Gasteiger partial charge in [-0.2, -0.15) is 0 Å². The zero-order chi connectivity index (χ0) is 15.6. The van der Waals surface area contributed by atoms with Crippen molar-refractivity contribution in [2.24, 2.45) is 11.7 Å². The maximum atomic E-state index is 11.9. The van der Waals surface area contributed by atoms with E-state index in [1.54, 1.807) is 12.1 Å². The topological polar surface area (TPSA) is 88.3 Å². The summed E-state index contributed by atoms with van der Waals surface area (Å²) < 4.78 is 25.0. The molecule has 0 spiro atoms. The molecule has 6 nitrogen and oxygen atoms in total. The second-order valence-corrected chi connectivity index (χ2v) is 7.72. The summed E-state index contributed by atoms with van der Waals surface area (Å²) in [4.78, 5) is 4.34. The molecule has 0 aliphatic carbocycles. The van der Waals surface area contributed by atoms with Crippen LogP contribution in [-0.2, 0) is 10.0 Å². The first-order valence-electron chi connectivity index (χ1n) is 6.50. The average Bonchev–Trinajstić information content (AvgIpc) is 2.38. The van der Waals surface area contributed by atoms with Gasteiger partial charge in [0.2, 0.25) is 10.0 Å². The summed E-state index contributed by atoms with van der Waals surface area (Å²) in [7, 11) is -0.457. The molecule has 3 N–H and O–H groups in total. The van der Waals surface area contributed by atoms with Crippen LogP contribution in [0.1, 0.15) is 20.8 Å². The zero-order valence-electron chi connectivity index (χ0n) is 12.7. The summed E-state index contributed by atoms with van der Waals surface area (Å²) in [6, 6.07) is 3.20. The predicted octanol–water partition coefficient (Wildman–Crippen LogP) is 1.12. The van der Waals surface area contributed by atoms with Gasteiger partial charge < -0.3 is 11.1 Å². The number of nitrogens with one attached hydrogen (secondary N) is 1. The van der Waals surface area contributed by atoms with Crippen LogP contribution in [0.2, 0.25) is 0 Å². The van der Waals surface area contributed by atoms with Crippen molar-refractivity contribution in [2.45, 2.75) is 31.2 Å². The number of rotatable bonds is 6. The number of hydrogen-bond acceptors (Lipinski definition) is 5. The van der Waals surface area contributed by atoms with Gasteiger partial charge in [-0.3, -0.25) is 0 Å². The van der Waals surface area contributed by atoms with Crippen LogP contribution in [0, 0.1) is 5.92 Å². The van der Waals surface area contributed by atoms with Crippen LogP contribution in [0.5, 0.6) is 0 Å². The van der Waals surface area contributed by atoms with Crippen LogP contribution in [0.3, 0.4) is 0 Å². The van der Waals surface area contributed by atoms with Gasteiger partial charge in [-0.05, 0) is 25.0 Å². The minimum absolute atomic E-state index is 0.173. The van der Waals surface area contributed by atoms with Crippen molar-refractivity contribution < 1.29 is 8.42 Å². The Hall–Kier alpha value is -1.18. The lowest BCUT2D eigenvalue weighted by atomic mass is 9.88. The Labute approximate surface area is 121 Å². The molecule has 0 saturated heterocycles. The molecule has 0 amide bonds. The molecule has 0 aliphatic rings. The van der Waals surface area contributed by atoms with Gasteiger partial charge in [0.05, 0.1) is 5.54 Å². The fraction of sp³-hybridized carbons (Fsp3) is 0.615. The molecule has 0 aliphatic heterocycles. The molecular weight excluding hydrogens is 276 g/mol. The van der Waals surface area contributed by atoms with Crippen molar-refractivity contribution >= 4 is 15.8 Å². The van der Waals surface area contributed by atoms with Crippen molar-refractivity contribution in [3.63, 3.8) is 0 Å². The lowest BCUT2D eigenvalue weighted by Crippen LogP contribution is -2.47. The van der Waals surface area contributed by atoms with Gasteiger partial charge in [-0.1, -0.05) is 13.8 Å². The number of anilines is 1. The van der Waals surface area contributed by atoms with Crippen LogP contribution in [0.25, 0.3) is 0 Å². The van der Waals surface area contributed by atoms with Crippen LogP contribution in [0.15, 0.2) is 23.2 Å². The molecule has 1 aromatic rings. The van der Waals surface area contributed by atoms with Gasteiger partial charge >= 0.3 is 0 Å². The van der Waals surface area contributed by atoms with E-state index in [1.165, 1.54) is 20.3 Å². The fourth-order valence-corrected chi connectivity index (χ4v) is 2.39. The largest absolute Gasteiger partial charge is 0.363 e. The molecular formula is C13H24N4O2S. The molecule has 0 radical (unpaired) electrons. The van der Waals surface area contributed by atoms with Crippen molar-refractivity contribution in [1.29, 1.82) is 0 Å². The van der Waals surface area contributed by atoms with Gasteiger partial charge in [-0.25, -0.2) is 17.7 Å². The number of pyridine rings is 1. The predicted molar refractivity (Wildman–Crippen MR) is 81.0 cm³/mol. The minimum Gasteiger partial charge on any atom is -0.363 e. The summed E-state index contributed by atoms with van der Waals surface area (Å²) in [5, 5.41) is 3.27. The molecule has 7 heteroatoms. The van der Waals surface area contributed by atoms with Crippen molar-refractivity contribution in [3.05, 3.63) is 18.3 Å². The van der Waals surface area contributed by atoms with Crippen LogP contribution < -0.4 is 11.1 Å². The average molecular weight is 300 g/mol. The van der Waals surface area contributed by atoms with Crippen LogP contribution in [0.4, 0.5) is 5.82 Å². The van der Waals surface area contributed by atoms with Gasteiger partial charge in [0, 0.05) is 26.8 Å². The molecule has 0 saturated carbocycles. The third-order valence-electron chi connectivity index (χ3n) is 3.63. The molecule has 1 aromatic heterocycles. The Morgan fingerprint density at radius 3 is 2.35 bits per heavy atom. The highest BCUT2D eigenvalue weighted by molar-refractivity contribution is 7.89. The maximum Gasteiger partial charge on any atom is 0.244 e. The van der Waals surface area contributed by atoms with Crippen molar-refractivity contribution in [1.82, 2.24) is 9.29 Å². The molecule has 1 rings (SSSR count). The maximum absolute atomic E-state index is 11.9. The van der Waals surface area contributed by atoms with Crippen molar-refractivity contribution in [2.75, 3.05) is 26.0 Å². The van der Waals surface area contributed by atoms with Gasteiger partial charge in [-0.15, -0.1) is 0 Å². The van der Waals surface area contributed by atoms with E-state index in [0.29, 0.717) is 18.3 Å². The van der Waals surface area contributed by atoms with Gasteiger partial charge in [0.25, 0.3) is 0 Å². The summed E-state index contributed by atoms with van der Waals surface area (Å²) >= 11 is 0. The smallest absolute Gasteiger partial charge is 0.244 e. The third-order valence-corrected chi connectivity index (χ3v) is 5.43. The molecule has 0 bridgehead atoms. The highest BCUT2D eigenvalue weighted by Crippen LogP contribution is 2.21. The highest BCUT2D eigenvalue weighted by atomic mass is 32.2. The van der Waals surface area contributed by atoms with Crippen LogP contribution >= 0.6 is 0 Å². The minimum atomic E-state index is -3.44. The first-order valence-corrected chi connectivity index (χ1v) is 7.94. The molecule has 0 fully saturated rings. The van der Waals surface area contributed by atoms with E-state index in [2.05, 4.69) is 24.1 Å².